The van der Waals surface area contributed by atoms with E-state index in [9.17, 15) is 13.2 Å². The molecule has 0 radical (unpaired) electrons. The molecule has 2 N–H and O–H groups in total. The normalized spacial score (nSPS) is 10.9. The van der Waals surface area contributed by atoms with Crippen LogP contribution in [-0.2, 0) is 10.0 Å². The molecule has 0 spiro atoms. The van der Waals surface area contributed by atoms with Gasteiger partial charge in [-0.2, -0.15) is 5.26 Å². The largest absolute Gasteiger partial charge is 0.322 e. The number of nitriles is 1. The van der Waals surface area contributed by atoms with Gasteiger partial charge in [0, 0.05) is 15.7 Å². The van der Waals surface area contributed by atoms with Crippen molar-refractivity contribution in [2.24, 2.45) is 0 Å². The molecule has 0 saturated heterocycles. The Bertz CT molecular complexity index is 1270. The predicted octanol–water partition coefficient (Wildman–Crippen LogP) is 5.57. The Balaban J connectivity index is 1.91. The van der Waals surface area contributed by atoms with Crippen molar-refractivity contribution in [3.63, 3.8) is 0 Å². The molecule has 10 heteroatoms. The van der Waals surface area contributed by atoms with E-state index in [0.717, 1.165) is 0 Å². The summed E-state index contributed by atoms with van der Waals surface area (Å²) in [6.45, 7) is 0. The third-order valence-corrected chi connectivity index (χ3v) is 6.12. The fourth-order valence-electron chi connectivity index (χ4n) is 2.49. The van der Waals surface area contributed by atoms with Gasteiger partial charge >= 0.3 is 0 Å². The SMILES string of the molecule is N#Cc1ccc(NC(=O)c2cc(Cl)ccc2NS(=O)(=O)c2ccc(Cl)cc2)cc1Cl. The average Bonchev–Trinajstić information content (AvgIpc) is 2.69. The number of amides is 1. The minimum Gasteiger partial charge on any atom is -0.322 e. The lowest BCUT2D eigenvalue weighted by Gasteiger charge is -2.14. The summed E-state index contributed by atoms with van der Waals surface area (Å²) in [5.74, 6) is -0.618. The first-order valence-corrected chi connectivity index (χ1v) is 10.9. The number of hydrogen-bond acceptors (Lipinski definition) is 4. The van der Waals surface area contributed by atoms with E-state index in [1.807, 2.05) is 6.07 Å². The van der Waals surface area contributed by atoms with Crippen molar-refractivity contribution in [2.45, 2.75) is 4.90 Å². The van der Waals surface area contributed by atoms with Crippen molar-refractivity contribution in [3.05, 3.63) is 86.9 Å². The number of nitrogens with one attached hydrogen (secondary N) is 2. The van der Waals surface area contributed by atoms with Crippen LogP contribution in [0.1, 0.15) is 15.9 Å². The highest BCUT2D eigenvalue weighted by molar-refractivity contribution is 7.92. The van der Waals surface area contributed by atoms with Gasteiger partial charge in [0.05, 0.1) is 26.7 Å². The second-order valence-electron chi connectivity index (χ2n) is 6.01. The first-order chi connectivity index (χ1) is 14.2. The number of anilines is 2. The third kappa shape index (κ3) is 5.04. The Hall–Kier alpha value is -2.76. The smallest absolute Gasteiger partial charge is 0.261 e. The maximum atomic E-state index is 12.8. The van der Waals surface area contributed by atoms with Gasteiger partial charge in [0.2, 0.25) is 0 Å². The van der Waals surface area contributed by atoms with Gasteiger partial charge in [-0.25, -0.2) is 8.42 Å². The van der Waals surface area contributed by atoms with Crippen LogP contribution in [0.3, 0.4) is 0 Å². The molecule has 0 aliphatic rings. The van der Waals surface area contributed by atoms with Crippen LogP contribution in [0, 0.1) is 11.3 Å². The number of sulfonamides is 1. The minimum absolute atomic E-state index is 0.000482. The maximum Gasteiger partial charge on any atom is 0.261 e. The van der Waals surface area contributed by atoms with E-state index in [-0.39, 0.29) is 31.8 Å². The molecule has 3 rings (SSSR count). The average molecular weight is 481 g/mol. The Morgan fingerprint density at radius 3 is 2.20 bits per heavy atom. The lowest BCUT2D eigenvalue weighted by Crippen LogP contribution is -2.18. The van der Waals surface area contributed by atoms with E-state index in [4.69, 9.17) is 40.1 Å². The minimum atomic E-state index is -3.98. The molecule has 0 bridgehead atoms. The van der Waals surface area contributed by atoms with Crippen LogP contribution >= 0.6 is 34.8 Å². The molecule has 0 unspecified atom stereocenters. The van der Waals surface area contributed by atoms with Crippen molar-refractivity contribution in [2.75, 3.05) is 10.0 Å². The molecule has 0 fully saturated rings. The number of halogens is 3. The molecule has 3 aromatic rings. The number of nitrogens with zero attached hydrogens (tertiary/aromatic N) is 1. The van der Waals surface area contributed by atoms with E-state index in [1.54, 1.807) is 0 Å². The monoisotopic (exact) mass is 479 g/mol. The topological polar surface area (TPSA) is 99.1 Å². The molecule has 0 aliphatic heterocycles. The number of carbonyl (C=O) groups excluding carboxylic acids is 1. The molecule has 152 valence electrons. The van der Waals surface area contributed by atoms with Crippen LogP contribution in [-0.4, -0.2) is 14.3 Å². The Morgan fingerprint density at radius 1 is 0.900 bits per heavy atom. The van der Waals surface area contributed by atoms with Crippen molar-refractivity contribution in [3.8, 4) is 6.07 Å². The molecule has 6 nitrogen and oxygen atoms in total. The molecule has 0 atom stereocenters. The van der Waals surface area contributed by atoms with Crippen LogP contribution < -0.4 is 10.0 Å². The lowest BCUT2D eigenvalue weighted by atomic mass is 10.1. The molecule has 0 aromatic heterocycles. The van der Waals surface area contributed by atoms with E-state index in [2.05, 4.69) is 10.0 Å². The van der Waals surface area contributed by atoms with Crippen molar-refractivity contribution < 1.29 is 13.2 Å². The van der Waals surface area contributed by atoms with Crippen LogP contribution in [0.15, 0.2) is 65.6 Å². The molecule has 0 saturated carbocycles. The van der Waals surface area contributed by atoms with E-state index in [1.165, 1.54) is 60.7 Å². The van der Waals surface area contributed by atoms with Crippen LogP contribution in [0.2, 0.25) is 15.1 Å². The standard InChI is InChI=1S/C20H12Cl3N3O3S/c21-13-2-6-16(7-3-13)30(28,29)26-19-8-4-14(22)9-17(19)20(27)25-15-5-1-12(11-24)18(23)10-15/h1-10,26H,(H,25,27). The van der Waals surface area contributed by atoms with E-state index in [0.29, 0.717) is 10.7 Å². The molecular weight excluding hydrogens is 469 g/mol. The van der Waals surface area contributed by atoms with Gasteiger partial charge in [0.25, 0.3) is 15.9 Å². The zero-order valence-corrected chi connectivity index (χ0v) is 18.1. The number of carbonyl (C=O) groups is 1. The molecule has 1 amide bonds. The first kappa shape index (κ1) is 21.9. The molecule has 3 aromatic carbocycles. The van der Waals surface area contributed by atoms with Gasteiger partial charge in [-0.3, -0.25) is 9.52 Å². The summed E-state index contributed by atoms with van der Waals surface area (Å²) in [5, 5.41) is 12.4. The Kier molecular flexibility index (Phi) is 6.54. The fraction of sp³-hybridized carbons (Fsp3) is 0. The van der Waals surface area contributed by atoms with Gasteiger partial charge in [-0.15, -0.1) is 0 Å². The van der Waals surface area contributed by atoms with E-state index >= 15 is 0 Å². The molecule has 0 heterocycles. The number of benzene rings is 3. The number of rotatable bonds is 5. The highest BCUT2D eigenvalue weighted by Gasteiger charge is 2.20. The van der Waals surface area contributed by atoms with Gasteiger partial charge in [0.1, 0.15) is 6.07 Å². The van der Waals surface area contributed by atoms with Gasteiger partial charge in [-0.05, 0) is 60.7 Å². The summed E-state index contributed by atoms with van der Waals surface area (Å²) in [6, 6.07) is 16.1. The molecule has 0 aliphatic carbocycles. The van der Waals surface area contributed by atoms with Crippen molar-refractivity contribution in [1.29, 1.82) is 5.26 Å². The molecular formula is C20H12Cl3N3O3S. The van der Waals surface area contributed by atoms with Crippen LogP contribution in [0.5, 0.6) is 0 Å². The van der Waals surface area contributed by atoms with Gasteiger partial charge < -0.3 is 5.32 Å². The summed E-state index contributed by atoms with van der Waals surface area (Å²) in [4.78, 5) is 12.8. The van der Waals surface area contributed by atoms with Crippen LogP contribution in [0.25, 0.3) is 0 Å². The summed E-state index contributed by atoms with van der Waals surface area (Å²) in [6.07, 6.45) is 0. The first-order valence-electron chi connectivity index (χ1n) is 8.28. The lowest BCUT2D eigenvalue weighted by molar-refractivity contribution is 0.102. The summed E-state index contributed by atoms with van der Waals surface area (Å²) in [5.41, 5.74) is 0.622. The van der Waals surface area contributed by atoms with Gasteiger partial charge in [-0.1, -0.05) is 34.8 Å². The zero-order chi connectivity index (χ0) is 21.9. The van der Waals surface area contributed by atoms with E-state index < -0.39 is 15.9 Å². The second kappa shape index (κ2) is 8.94. The summed E-state index contributed by atoms with van der Waals surface area (Å²) < 4.78 is 27.7. The second-order valence-corrected chi connectivity index (χ2v) is 8.97. The van der Waals surface area contributed by atoms with Gasteiger partial charge in [0.15, 0.2) is 0 Å². The highest BCUT2D eigenvalue weighted by Crippen LogP contribution is 2.26. The predicted molar refractivity (Wildman–Crippen MR) is 118 cm³/mol. The Morgan fingerprint density at radius 2 is 1.57 bits per heavy atom. The number of hydrogen-bond donors (Lipinski definition) is 2. The molecule has 30 heavy (non-hydrogen) atoms. The van der Waals surface area contributed by atoms with Crippen molar-refractivity contribution in [1.82, 2.24) is 0 Å². The summed E-state index contributed by atoms with van der Waals surface area (Å²) >= 11 is 17.8. The Labute approximate surface area is 188 Å². The quantitative estimate of drug-likeness (QED) is 0.498. The van der Waals surface area contributed by atoms with Crippen LogP contribution in [0.4, 0.5) is 11.4 Å². The summed E-state index contributed by atoms with van der Waals surface area (Å²) in [7, 11) is -3.98. The van der Waals surface area contributed by atoms with Crippen molar-refractivity contribution >= 4 is 62.1 Å². The fourth-order valence-corrected chi connectivity index (χ4v) is 4.09. The maximum absolute atomic E-state index is 12.8. The zero-order valence-electron chi connectivity index (χ0n) is 15.0. The third-order valence-electron chi connectivity index (χ3n) is 3.94. The highest BCUT2D eigenvalue weighted by atomic mass is 35.5.